The van der Waals surface area contributed by atoms with Gasteiger partial charge in [-0.05, 0) is 19.1 Å². The number of nitrogens with zero attached hydrogens (tertiary/aromatic N) is 1. The number of halogens is 1. The van der Waals surface area contributed by atoms with Gasteiger partial charge in [0.05, 0.1) is 6.42 Å². The summed E-state index contributed by atoms with van der Waals surface area (Å²) in [6.45, 7) is 3.14. The van der Waals surface area contributed by atoms with E-state index in [1.807, 2.05) is 0 Å². The fourth-order valence-electron chi connectivity index (χ4n) is 1.85. The summed E-state index contributed by atoms with van der Waals surface area (Å²) in [5, 5.41) is 8.72. The smallest absolute Gasteiger partial charge is 0.304 e. The van der Waals surface area contributed by atoms with E-state index in [-0.39, 0.29) is 13.0 Å². The molecule has 0 fully saturated rings. The van der Waals surface area contributed by atoms with Crippen molar-refractivity contribution in [2.24, 2.45) is 0 Å². The van der Waals surface area contributed by atoms with Crippen LogP contribution < -0.4 is 0 Å². The van der Waals surface area contributed by atoms with Crippen LogP contribution in [0.25, 0.3) is 0 Å². The minimum Gasteiger partial charge on any atom is -0.481 e. The highest BCUT2D eigenvalue weighted by atomic mass is 32.2. The van der Waals surface area contributed by atoms with Crippen LogP contribution in [0.3, 0.4) is 0 Å². The fourth-order valence-corrected chi connectivity index (χ4v) is 3.56. The molecule has 5 nitrogen and oxygen atoms in total. The number of hydrogen-bond donors (Lipinski definition) is 1. The number of sulfonamides is 1. The molecule has 0 saturated carbocycles. The van der Waals surface area contributed by atoms with Crippen molar-refractivity contribution in [3.05, 3.63) is 30.1 Å². The molecule has 106 valence electrons. The summed E-state index contributed by atoms with van der Waals surface area (Å²) in [7, 11) is -4.03. The summed E-state index contributed by atoms with van der Waals surface area (Å²) >= 11 is 0. The molecule has 1 N–H and O–H groups in total. The third-order valence-electron chi connectivity index (χ3n) is 2.70. The van der Waals surface area contributed by atoms with Crippen LogP contribution >= 0.6 is 0 Å². The van der Waals surface area contributed by atoms with Crippen molar-refractivity contribution in [2.75, 3.05) is 6.54 Å². The van der Waals surface area contributed by atoms with Gasteiger partial charge in [-0.3, -0.25) is 4.79 Å². The van der Waals surface area contributed by atoms with E-state index in [9.17, 15) is 17.6 Å². The second-order valence-corrected chi connectivity index (χ2v) is 5.94. The van der Waals surface area contributed by atoms with E-state index in [1.54, 1.807) is 6.92 Å². The molecule has 1 aromatic carbocycles. The molecule has 0 spiro atoms. The Bertz CT molecular complexity index is 559. The second-order valence-electron chi connectivity index (χ2n) is 4.09. The maximum Gasteiger partial charge on any atom is 0.304 e. The van der Waals surface area contributed by atoms with Crippen molar-refractivity contribution in [3.63, 3.8) is 0 Å². The largest absolute Gasteiger partial charge is 0.481 e. The number of carboxylic acid groups (broad SMARTS) is 1. The molecular weight excluding hydrogens is 273 g/mol. The van der Waals surface area contributed by atoms with Crippen LogP contribution in [0.2, 0.25) is 0 Å². The second kappa shape index (κ2) is 6.12. The summed E-state index contributed by atoms with van der Waals surface area (Å²) in [6.07, 6.45) is -0.332. The molecule has 0 aliphatic carbocycles. The Labute approximate surface area is 111 Å². The predicted octanol–water partition coefficient (Wildman–Crippen LogP) is 1.70. The highest BCUT2D eigenvalue weighted by Gasteiger charge is 2.30. The van der Waals surface area contributed by atoms with Gasteiger partial charge in [-0.15, -0.1) is 0 Å². The first-order chi connectivity index (χ1) is 8.80. The van der Waals surface area contributed by atoms with Crippen LogP contribution in [-0.2, 0) is 14.8 Å². The first kappa shape index (κ1) is 15.6. The predicted molar refractivity (Wildman–Crippen MR) is 67.7 cm³/mol. The Morgan fingerprint density at radius 2 is 2.00 bits per heavy atom. The average Bonchev–Trinajstić information content (AvgIpc) is 2.28. The van der Waals surface area contributed by atoms with Gasteiger partial charge in [0.15, 0.2) is 0 Å². The van der Waals surface area contributed by atoms with Crippen LogP contribution in [-0.4, -0.2) is 36.4 Å². The number of carboxylic acids is 1. The third kappa shape index (κ3) is 3.51. The highest BCUT2D eigenvalue weighted by Crippen LogP contribution is 2.21. The van der Waals surface area contributed by atoms with Gasteiger partial charge in [0.2, 0.25) is 10.0 Å². The molecular formula is C12H16FNO4S. The van der Waals surface area contributed by atoms with Gasteiger partial charge in [0, 0.05) is 12.6 Å². The lowest BCUT2D eigenvalue weighted by Crippen LogP contribution is -2.39. The first-order valence-corrected chi connectivity index (χ1v) is 7.22. The molecule has 1 atom stereocenters. The highest BCUT2D eigenvalue weighted by molar-refractivity contribution is 7.89. The molecule has 19 heavy (non-hydrogen) atoms. The molecule has 0 bridgehead atoms. The number of hydrogen-bond acceptors (Lipinski definition) is 3. The van der Waals surface area contributed by atoms with Gasteiger partial charge in [-0.1, -0.05) is 19.1 Å². The van der Waals surface area contributed by atoms with Gasteiger partial charge in [0.25, 0.3) is 0 Å². The SMILES string of the molecule is CCN(C(C)CC(=O)O)S(=O)(=O)c1ccccc1F. The third-order valence-corrected chi connectivity index (χ3v) is 4.82. The van der Waals surface area contributed by atoms with Crippen molar-refractivity contribution in [2.45, 2.75) is 31.2 Å². The lowest BCUT2D eigenvalue weighted by atomic mass is 10.2. The Kier molecular flexibility index (Phi) is 5.02. The molecule has 0 aliphatic rings. The van der Waals surface area contributed by atoms with E-state index in [4.69, 9.17) is 5.11 Å². The van der Waals surface area contributed by atoms with E-state index in [1.165, 1.54) is 25.1 Å². The van der Waals surface area contributed by atoms with Crippen molar-refractivity contribution in [3.8, 4) is 0 Å². The molecule has 0 heterocycles. The molecule has 1 aromatic rings. The number of rotatable bonds is 6. The molecule has 0 amide bonds. The molecule has 0 aromatic heterocycles. The zero-order valence-corrected chi connectivity index (χ0v) is 11.5. The van der Waals surface area contributed by atoms with E-state index >= 15 is 0 Å². The van der Waals surface area contributed by atoms with Crippen molar-refractivity contribution >= 4 is 16.0 Å². The lowest BCUT2D eigenvalue weighted by molar-refractivity contribution is -0.137. The standard InChI is InChI=1S/C12H16FNO4S/c1-3-14(9(2)8-12(15)16)19(17,18)11-7-5-4-6-10(11)13/h4-7,9H,3,8H2,1-2H3,(H,15,16). The van der Waals surface area contributed by atoms with Crippen LogP contribution in [0.5, 0.6) is 0 Å². The Morgan fingerprint density at radius 3 is 2.47 bits per heavy atom. The monoisotopic (exact) mass is 289 g/mol. The summed E-state index contributed by atoms with van der Waals surface area (Å²) in [6, 6.07) is 4.30. The van der Waals surface area contributed by atoms with E-state index in [0.717, 1.165) is 10.4 Å². The van der Waals surface area contributed by atoms with E-state index in [0.29, 0.717) is 0 Å². The summed E-state index contributed by atoms with van der Waals surface area (Å²) in [4.78, 5) is 10.2. The Hall–Kier alpha value is -1.47. The van der Waals surface area contributed by atoms with Gasteiger partial charge >= 0.3 is 5.97 Å². The molecule has 0 saturated heterocycles. The van der Waals surface area contributed by atoms with Gasteiger partial charge < -0.3 is 5.11 Å². The molecule has 0 aliphatic heterocycles. The minimum atomic E-state index is -4.03. The van der Waals surface area contributed by atoms with Gasteiger partial charge in [-0.2, -0.15) is 4.31 Å². The van der Waals surface area contributed by atoms with Crippen molar-refractivity contribution in [1.82, 2.24) is 4.31 Å². The normalized spacial score (nSPS) is 13.5. The van der Waals surface area contributed by atoms with Crippen LogP contribution in [0.15, 0.2) is 29.2 Å². The van der Waals surface area contributed by atoms with Gasteiger partial charge in [-0.25, -0.2) is 12.8 Å². The summed E-state index contributed by atoms with van der Waals surface area (Å²) in [5.41, 5.74) is 0. The summed E-state index contributed by atoms with van der Waals surface area (Å²) in [5.74, 6) is -1.95. The number of carbonyl (C=O) groups is 1. The Balaban J connectivity index is 3.16. The van der Waals surface area contributed by atoms with Crippen molar-refractivity contribution < 1.29 is 22.7 Å². The molecule has 1 rings (SSSR count). The maximum atomic E-state index is 13.6. The Morgan fingerprint density at radius 1 is 1.42 bits per heavy atom. The fraction of sp³-hybridized carbons (Fsp3) is 0.417. The number of benzene rings is 1. The van der Waals surface area contributed by atoms with Crippen LogP contribution in [0.1, 0.15) is 20.3 Å². The van der Waals surface area contributed by atoms with Crippen LogP contribution in [0, 0.1) is 5.82 Å². The zero-order chi connectivity index (χ0) is 14.6. The number of aliphatic carboxylic acids is 1. The average molecular weight is 289 g/mol. The zero-order valence-electron chi connectivity index (χ0n) is 10.7. The lowest BCUT2D eigenvalue weighted by Gasteiger charge is -2.26. The van der Waals surface area contributed by atoms with Crippen molar-refractivity contribution in [1.29, 1.82) is 0 Å². The van der Waals surface area contributed by atoms with Gasteiger partial charge in [0.1, 0.15) is 10.7 Å². The molecule has 7 heteroatoms. The maximum absolute atomic E-state index is 13.6. The van der Waals surface area contributed by atoms with Crippen LogP contribution in [0.4, 0.5) is 4.39 Å². The first-order valence-electron chi connectivity index (χ1n) is 5.78. The molecule has 0 radical (unpaired) electrons. The van der Waals surface area contributed by atoms with E-state index < -0.39 is 32.7 Å². The minimum absolute atomic E-state index is 0.0745. The summed E-state index contributed by atoms with van der Waals surface area (Å²) < 4.78 is 39.2. The van der Waals surface area contributed by atoms with E-state index in [2.05, 4.69) is 0 Å². The quantitative estimate of drug-likeness (QED) is 0.865. The topological polar surface area (TPSA) is 74.7 Å². The molecule has 1 unspecified atom stereocenters.